The lowest BCUT2D eigenvalue weighted by Gasteiger charge is -2.20. The highest BCUT2D eigenvalue weighted by Crippen LogP contribution is 2.57. The first kappa shape index (κ1) is 25.4. The minimum atomic E-state index is 1.23. The van der Waals surface area contributed by atoms with Crippen molar-refractivity contribution in [1.29, 1.82) is 0 Å². The molecular weight excluding hydrogens is 553 g/mol. The van der Waals surface area contributed by atoms with Crippen molar-refractivity contribution < 1.29 is 0 Å². The van der Waals surface area contributed by atoms with Crippen molar-refractivity contribution in [1.82, 2.24) is 0 Å². The third-order valence-corrected chi connectivity index (χ3v) is 9.97. The molecule has 0 amide bonds. The van der Waals surface area contributed by atoms with Crippen LogP contribution >= 0.6 is 0 Å². The average molecular weight is 581 g/mol. The molecule has 1 aliphatic rings. The molecule has 0 atom stereocenters. The smallest absolute Gasteiger partial charge is 0.000742 e. The molecule has 0 unspecified atom stereocenters. The summed E-state index contributed by atoms with van der Waals surface area (Å²) in [6.07, 6.45) is 0. The standard InChI is InChI=1S/C46H28/c1-2-11-32(12-3-1)43-38-16-6-7-17-39(38)44(46-41-19-9-14-31-13-8-18-40(42(31)41)45(43)46)33-23-20-29(21-24-33)34-26-27-37-35(28-34)25-22-30-10-4-5-15-36(30)37/h1-28H. The zero-order valence-corrected chi connectivity index (χ0v) is 25.2. The Morgan fingerprint density at radius 2 is 0.739 bits per heavy atom. The van der Waals surface area contributed by atoms with Crippen LogP contribution in [0.2, 0.25) is 0 Å². The first-order valence-corrected chi connectivity index (χ1v) is 16.0. The van der Waals surface area contributed by atoms with Crippen molar-refractivity contribution in [2.75, 3.05) is 0 Å². The van der Waals surface area contributed by atoms with E-state index in [1.807, 2.05) is 0 Å². The summed E-state index contributed by atoms with van der Waals surface area (Å²) in [5, 5.41) is 10.4. The van der Waals surface area contributed by atoms with Gasteiger partial charge in [-0.1, -0.05) is 164 Å². The van der Waals surface area contributed by atoms with Crippen LogP contribution < -0.4 is 0 Å². The molecule has 212 valence electrons. The Morgan fingerprint density at radius 1 is 0.239 bits per heavy atom. The van der Waals surface area contributed by atoms with Crippen LogP contribution in [0.4, 0.5) is 0 Å². The van der Waals surface area contributed by atoms with Crippen molar-refractivity contribution in [2.24, 2.45) is 0 Å². The minimum Gasteiger partial charge on any atom is -0.0622 e. The van der Waals surface area contributed by atoms with Crippen molar-refractivity contribution in [3.8, 4) is 55.6 Å². The molecule has 0 nitrogen and oxygen atoms in total. The van der Waals surface area contributed by atoms with E-state index in [1.54, 1.807) is 0 Å². The quantitative estimate of drug-likeness (QED) is 0.182. The highest BCUT2D eigenvalue weighted by molar-refractivity contribution is 6.27. The summed E-state index contributed by atoms with van der Waals surface area (Å²) in [7, 11) is 0. The fraction of sp³-hybridized carbons (Fsp3) is 0. The minimum absolute atomic E-state index is 1.23. The molecule has 1 aliphatic carbocycles. The first-order valence-electron chi connectivity index (χ1n) is 16.0. The van der Waals surface area contributed by atoms with Gasteiger partial charge in [0.15, 0.2) is 0 Å². The summed E-state index contributed by atoms with van der Waals surface area (Å²) in [6, 6.07) is 62.7. The van der Waals surface area contributed by atoms with E-state index in [1.165, 1.54) is 98.7 Å². The average Bonchev–Trinajstić information content (AvgIpc) is 3.46. The van der Waals surface area contributed by atoms with Gasteiger partial charge in [0.1, 0.15) is 0 Å². The van der Waals surface area contributed by atoms with Crippen LogP contribution in [0.15, 0.2) is 170 Å². The maximum Gasteiger partial charge on any atom is -0.000742 e. The van der Waals surface area contributed by atoms with Crippen LogP contribution in [0.5, 0.6) is 0 Å². The Bertz CT molecular complexity index is 2650. The van der Waals surface area contributed by atoms with Gasteiger partial charge in [-0.2, -0.15) is 0 Å². The molecule has 0 N–H and O–H groups in total. The largest absolute Gasteiger partial charge is 0.0622 e. The van der Waals surface area contributed by atoms with Crippen LogP contribution in [0, 0.1) is 0 Å². The van der Waals surface area contributed by atoms with E-state index in [4.69, 9.17) is 0 Å². The highest BCUT2D eigenvalue weighted by Gasteiger charge is 2.30. The Morgan fingerprint density at radius 3 is 1.43 bits per heavy atom. The second-order valence-electron chi connectivity index (χ2n) is 12.4. The lowest BCUT2D eigenvalue weighted by atomic mass is 9.82. The first-order chi connectivity index (χ1) is 22.8. The van der Waals surface area contributed by atoms with Crippen molar-refractivity contribution >= 4 is 43.1 Å². The molecule has 0 bridgehead atoms. The molecule has 0 aliphatic heterocycles. The number of hydrogen-bond donors (Lipinski definition) is 0. The molecule has 0 spiro atoms. The molecule has 9 aromatic rings. The fourth-order valence-electron chi connectivity index (χ4n) is 7.96. The van der Waals surface area contributed by atoms with Crippen LogP contribution in [-0.4, -0.2) is 0 Å². The SMILES string of the molecule is c1ccc(-c2c3c(c(-c4ccc(-c5ccc6c(ccc7ccccc76)c5)cc4)c4ccccc24)-c2cccc4cccc-3c24)cc1. The van der Waals surface area contributed by atoms with Crippen LogP contribution in [-0.2, 0) is 0 Å². The predicted molar refractivity (Wildman–Crippen MR) is 197 cm³/mol. The van der Waals surface area contributed by atoms with Gasteiger partial charge < -0.3 is 0 Å². The molecule has 0 heterocycles. The second kappa shape index (κ2) is 9.76. The fourth-order valence-corrected chi connectivity index (χ4v) is 7.96. The molecular formula is C46H28. The van der Waals surface area contributed by atoms with E-state index in [0.29, 0.717) is 0 Å². The van der Waals surface area contributed by atoms with E-state index in [9.17, 15) is 0 Å². The Balaban J connectivity index is 1.21. The second-order valence-corrected chi connectivity index (χ2v) is 12.4. The molecule has 9 aromatic carbocycles. The number of rotatable bonds is 3. The van der Waals surface area contributed by atoms with Crippen molar-refractivity contribution in [3.05, 3.63) is 170 Å². The van der Waals surface area contributed by atoms with Gasteiger partial charge in [0.05, 0.1) is 0 Å². The predicted octanol–water partition coefficient (Wildman–Crippen LogP) is 12.9. The monoisotopic (exact) mass is 580 g/mol. The molecule has 0 saturated heterocycles. The van der Waals surface area contributed by atoms with E-state index < -0.39 is 0 Å². The van der Waals surface area contributed by atoms with E-state index in [2.05, 4.69) is 170 Å². The third-order valence-electron chi connectivity index (χ3n) is 9.97. The van der Waals surface area contributed by atoms with Crippen molar-refractivity contribution in [3.63, 3.8) is 0 Å². The molecule has 46 heavy (non-hydrogen) atoms. The van der Waals surface area contributed by atoms with Gasteiger partial charge in [-0.05, 0) is 105 Å². The zero-order chi connectivity index (χ0) is 30.2. The summed E-state index contributed by atoms with van der Waals surface area (Å²) >= 11 is 0. The maximum absolute atomic E-state index is 2.33. The molecule has 10 rings (SSSR count). The van der Waals surface area contributed by atoms with Crippen LogP contribution in [0.1, 0.15) is 0 Å². The van der Waals surface area contributed by atoms with Crippen LogP contribution in [0.3, 0.4) is 0 Å². The van der Waals surface area contributed by atoms with Gasteiger partial charge in [0.2, 0.25) is 0 Å². The van der Waals surface area contributed by atoms with E-state index >= 15 is 0 Å². The molecule has 0 radical (unpaired) electrons. The number of hydrogen-bond acceptors (Lipinski definition) is 0. The Kier molecular flexibility index (Phi) is 5.38. The number of benzene rings is 9. The van der Waals surface area contributed by atoms with E-state index in [-0.39, 0.29) is 0 Å². The van der Waals surface area contributed by atoms with E-state index in [0.717, 1.165) is 0 Å². The van der Waals surface area contributed by atoms with Gasteiger partial charge >= 0.3 is 0 Å². The Labute approximate surface area is 267 Å². The lowest BCUT2D eigenvalue weighted by molar-refractivity contribution is 1.61. The van der Waals surface area contributed by atoms with Gasteiger partial charge in [0, 0.05) is 0 Å². The topological polar surface area (TPSA) is 0 Å². The van der Waals surface area contributed by atoms with Gasteiger partial charge in [-0.15, -0.1) is 0 Å². The molecule has 0 heteroatoms. The summed E-state index contributed by atoms with van der Waals surface area (Å²) in [5.74, 6) is 0. The number of fused-ring (bicyclic) bond motifs is 7. The molecule has 0 fully saturated rings. The molecule has 0 saturated carbocycles. The normalized spacial score (nSPS) is 11.9. The third kappa shape index (κ3) is 3.62. The summed E-state index contributed by atoms with van der Waals surface area (Å²) in [5.41, 5.74) is 12.9. The maximum atomic E-state index is 2.33. The van der Waals surface area contributed by atoms with Gasteiger partial charge in [0.25, 0.3) is 0 Å². The summed E-state index contributed by atoms with van der Waals surface area (Å²) in [6.45, 7) is 0. The summed E-state index contributed by atoms with van der Waals surface area (Å²) < 4.78 is 0. The summed E-state index contributed by atoms with van der Waals surface area (Å²) in [4.78, 5) is 0. The Hall–Kier alpha value is -5.98. The van der Waals surface area contributed by atoms with Crippen molar-refractivity contribution in [2.45, 2.75) is 0 Å². The lowest BCUT2D eigenvalue weighted by Crippen LogP contribution is -1.93. The van der Waals surface area contributed by atoms with Gasteiger partial charge in [-0.25, -0.2) is 0 Å². The van der Waals surface area contributed by atoms with Crippen LogP contribution in [0.25, 0.3) is 98.7 Å². The highest BCUT2D eigenvalue weighted by atomic mass is 14.3. The molecule has 0 aromatic heterocycles. The zero-order valence-electron chi connectivity index (χ0n) is 25.2. The van der Waals surface area contributed by atoms with Gasteiger partial charge in [-0.3, -0.25) is 0 Å².